The minimum Gasteiger partial charge on any atom is -0.495 e. The molecule has 0 unspecified atom stereocenters. The van der Waals surface area contributed by atoms with Gasteiger partial charge in [-0.05, 0) is 30.7 Å². The van der Waals surface area contributed by atoms with Crippen LogP contribution in [0.15, 0.2) is 41.4 Å². The Morgan fingerprint density at radius 2 is 2.10 bits per heavy atom. The van der Waals surface area contributed by atoms with Gasteiger partial charge in [0.05, 0.1) is 7.11 Å². The number of nitrogens with two attached hydrogens (primary N) is 1. The highest BCUT2D eigenvalue weighted by molar-refractivity contribution is 7.92. The van der Waals surface area contributed by atoms with E-state index >= 15 is 0 Å². The van der Waals surface area contributed by atoms with Gasteiger partial charge in [-0.25, -0.2) is 13.4 Å². The van der Waals surface area contributed by atoms with Crippen LogP contribution in [0.4, 0.5) is 5.82 Å². The summed E-state index contributed by atoms with van der Waals surface area (Å²) in [5.41, 5.74) is 7.02. The van der Waals surface area contributed by atoms with Gasteiger partial charge in [0.25, 0.3) is 10.0 Å². The van der Waals surface area contributed by atoms with Gasteiger partial charge < -0.3 is 10.5 Å². The van der Waals surface area contributed by atoms with E-state index in [9.17, 15) is 8.42 Å². The maximum atomic E-state index is 12.5. The second kappa shape index (κ2) is 6.11. The van der Waals surface area contributed by atoms with Crippen LogP contribution in [-0.2, 0) is 16.6 Å². The van der Waals surface area contributed by atoms with Crippen LogP contribution in [0, 0.1) is 6.92 Å². The van der Waals surface area contributed by atoms with Crippen LogP contribution >= 0.6 is 0 Å². The van der Waals surface area contributed by atoms with Gasteiger partial charge in [0.1, 0.15) is 16.5 Å². The number of ether oxygens (including phenoxy) is 1. The summed E-state index contributed by atoms with van der Waals surface area (Å²) in [6.45, 7) is 2.00. The lowest BCUT2D eigenvalue weighted by atomic mass is 10.2. The molecule has 0 aliphatic rings. The Labute approximate surface area is 124 Å². The Morgan fingerprint density at radius 1 is 1.33 bits per heavy atom. The van der Waals surface area contributed by atoms with Crippen molar-refractivity contribution in [1.29, 1.82) is 0 Å². The lowest BCUT2D eigenvalue weighted by molar-refractivity contribution is 0.402. The second-order valence-corrected chi connectivity index (χ2v) is 6.13. The summed E-state index contributed by atoms with van der Waals surface area (Å²) in [5, 5.41) is 0. The molecule has 0 amide bonds. The van der Waals surface area contributed by atoms with Crippen LogP contribution in [0.1, 0.15) is 11.1 Å². The first-order valence-electron chi connectivity index (χ1n) is 6.29. The molecule has 3 N–H and O–H groups in total. The molecule has 1 aromatic heterocycles. The number of hydrogen-bond donors (Lipinski definition) is 2. The molecule has 2 rings (SSSR count). The monoisotopic (exact) mass is 307 g/mol. The van der Waals surface area contributed by atoms with E-state index in [1.165, 1.54) is 13.3 Å². The fourth-order valence-corrected chi connectivity index (χ4v) is 3.18. The van der Waals surface area contributed by atoms with Crippen LogP contribution in [0.5, 0.6) is 5.75 Å². The number of methoxy groups -OCH3 is 1. The van der Waals surface area contributed by atoms with Gasteiger partial charge in [-0.15, -0.1) is 0 Å². The lowest BCUT2D eigenvalue weighted by Crippen LogP contribution is -2.17. The Bertz CT molecular complexity index is 745. The summed E-state index contributed by atoms with van der Waals surface area (Å²) < 4.78 is 32.6. The van der Waals surface area contributed by atoms with Crippen molar-refractivity contribution in [3.63, 3.8) is 0 Å². The van der Waals surface area contributed by atoms with E-state index in [0.29, 0.717) is 5.56 Å². The summed E-state index contributed by atoms with van der Waals surface area (Å²) in [6.07, 6.45) is 1.50. The second-order valence-electron chi connectivity index (χ2n) is 4.48. The number of rotatable bonds is 5. The molecule has 7 heteroatoms. The van der Waals surface area contributed by atoms with E-state index in [4.69, 9.17) is 10.5 Å². The largest absolute Gasteiger partial charge is 0.495 e. The number of pyridine rings is 1. The highest BCUT2D eigenvalue weighted by atomic mass is 32.2. The average Bonchev–Trinajstić information content (AvgIpc) is 2.47. The predicted molar refractivity (Wildman–Crippen MR) is 80.7 cm³/mol. The first kappa shape index (κ1) is 15.3. The van der Waals surface area contributed by atoms with Crippen molar-refractivity contribution in [2.24, 2.45) is 5.73 Å². The fraction of sp³-hybridized carbons (Fsp3) is 0.214. The summed E-state index contributed by atoms with van der Waals surface area (Å²) in [5.74, 6) is 0.502. The number of nitrogens with zero attached hydrogens (tertiary/aromatic N) is 1. The summed E-state index contributed by atoms with van der Waals surface area (Å²) in [4.78, 5) is 4.10. The zero-order chi connectivity index (χ0) is 15.5. The number of anilines is 1. The van der Waals surface area contributed by atoms with Gasteiger partial charge in [0.2, 0.25) is 0 Å². The van der Waals surface area contributed by atoms with E-state index < -0.39 is 10.0 Å². The quantitative estimate of drug-likeness (QED) is 0.876. The zero-order valence-electron chi connectivity index (χ0n) is 11.8. The molecule has 1 aromatic carbocycles. The molecular weight excluding hydrogens is 290 g/mol. The highest BCUT2D eigenvalue weighted by Gasteiger charge is 2.21. The highest BCUT2D eigenvalue weighted by Crippen LogP contribution is 2.27. The standard InChI is InChI=1S/C14H17N3O3S/c1-10-5-6-12(20-2)13(8-10)21(18,19)17-14-11(9-15)4-3-7-16-14/h3-8H,9,15H2,1-2H3,(H,16,17). The third-order valence-corrected chi connectivity index (χ3v) is 4.31. The predicted octanol–water partition coefficient (Wildman–Crippen LogP) is 1.66. The van der Waals surface area contributed by atoms with Crippen molar-refractivity contribution in [3.8, 4) is 5.75 Å². The van der Waals surface area contributed by atoms with Gasteiger partial charge in [0, 0.05) is 18.3 Å². The molecule has 21 heavy (non-hydrogen) atoms. The SMILES string of the molecule is COc1ccc(C)cc1S(=O)(=O)Nc1ncccc1CN. The molecule has 0 aliphatic carbocycles. The van der Waals surface area contributed by atoms with E-state index in [-0.39, 0.29) is 23.0 Å². The molecular formula is C14H17N3O3S. The first-order chi connectivity index (χ1) is 9.97. The van der Waals surface area contributed by atoms with Crippen molar-refractivity contribution in [3.05, 3.63) is 47.7 Å². The molecule has 0 saturated heterocycles. The normalized spacial score (nSPS) is 11.2. The van der Waals surface area contributed by atoms with Crippen molar-refractivity contribution in [1.82, 2.24) is 4.98 Å². The smallest absolute Gasteiger partial charge is 0.266 e. The summed E-state index contributed by atoms with van der Waals surface area (Å²) in [7, 11) is -2.38. The van der Waals surface area contributed by atoms with Gasteiger partial charge in [-0.2, -0.15) is 0 Å². The molecule has 0 radical (unpaired) electrons. The fourth-order valence-electron chi connectivity index (χ4n) is 1.87. The van der Waals surface area contributed by atoms with E-state index in [0.717, 1.165) is 5.56 Å². The third-order valence-electron chi connectivity index (χ3n) is 2.95. The van der Waals surface area contributed by atoms with Crippen molar-refractivity contribution < 1.29 is 13.2 Å². The van der Waals surface area contributed by atoms with Crippen molar-refractivity contribution in [2.45, 2.75) is 18.4 Å². The summed E-state index contributed by atoms with van der Waals surface area (Å²) >= 11 is 0. The topological polar surface area (TPSA) is 94.3 Å². The van der Waals surface area contributed by atoms with Crippen LogP contribution in [0.2, 0.25) is 0 Å². The lowest BCUT2D eigenvalue weighted by Gasteiger charge is -2.13. The minimum atomic E-state index is -3.80. The average molecular weight is 307 g/mol. The van der Waals surface area contributed by atoms with Gasteiger partial charge in [-0.3, -0.25) is 4.72 Å². The van der Waals surface area contributed by atoms with Crippen LogP contribution in [0.3, 0.4) is 0 Å². The zero-order valence-corrected chi connectivity index (χ0v) is 12.6. The van der Waals surface area contributed by atoms with E-state index in [1.807, 2.05) is 6.92 Å². The third kappa shape index (κ3) is 3.32. The molecule has 0 aliphatic heterocycles. The molecule has 0 bridgehead atoms. The molecule has 0 fully saturated rings. The number of benzene rings is 1. The molecule has 2 aromatic rings. The molecule has 112 valence electrons. The maximum absolute atomic E-state index is 12.5. The minimum absolute atomic E-state index is 0.0682. The first-order valence-corrected chi connectivity index (χ1v) is 7.77. The number of aromatic nitrogens is 1. The Morgan fingerprint density at radius 3 is 2.76 bits per heavy atom. The number of aryl methyl sites for hydroxylation is 1. The molecule has 6 nitrogen and oxygen atoms in total. The van der Waals surface area contributed by atoms with E-state index in [2.05, 4.69) is 9.71 Å². The molecule has 0 spiro atoms. The van der Waals surface area contributed by atoms with Crippen LogP contribution in [0.25, 0.3) is 0 Å². The summed E-state index contributed by atoms with van der Waals surface area (Å²) in [6, 6.07) is 8.37. The number of nitrogens with one attached hydrogen (secondary N) is 1. The van der Waals surface area contributed by atoms with Crippen molar-refractivity contribution >= 4 is 15.8 Å². The Balaban J connectivity index is 2.46. The Kier molecular flexibility index (Phi) is 4.44. The molecule has 0 atom stereocenters. The van der Waals surface area contributed by atoms with Gasteiger partial charge in [-0.1, -0.05) is 12.1 Å². The molecule has 0 saturated carbocycles. The van der Waals surface area contributed by atoms with Gasteiger partial charge >= 0.3 is 0 Å². The van der Waals surface area contributed by atoms with Crippen LogP contribution in [-0.4, -0.2) is 20.5 Å². The number of hydrogen-bond acceptors (Lipinski definition) is 5. The number of sulfonamides is 1. The molecule has 1 heterocycles. The maximum Gasteiger partial charge on any atom is 0.266 e. The van der Waals surface area contributed by atoms with Crippen LogP contribution < -0.4 is 15.2 Å². The van der Waals surface area contributed by atoms with Crippen molar-refractivity contribution in [2.75, 3.05) is 11.8 Å². The van der Waals surface area contributed by atoms with Gasteiger partial charge in [0.15, 0.2) is 0 Å². The van der Waals surface area contributed by atoms with E-state index in [1.54, 1.807) is 30.3 Å². The Hall–Kier alpha value is -2.12.